The summed E-state index contributed by atoms with van der Waals surface area (Å²) in [7, 11) is 2.20. The van der Waals surface area contributed by atoms with Crippen LogP contribution in [0.25, 0.3) is 10.9 Å². The molecule has 2 aliphatic heterocycles. The first kappa shape index (κ1) is 16.9. The van der Waals surface area contributed by atoms with Crippen LogP contribution >= 0.6 is 0 Å². The van der Waals surface area contributed by atoms with E-state index in [9.17, 15) is 9.59 Å². The zero-order chi connectivity index (χ0) is 18.7. The highest BCUT2D eigenvalue weighted by molar-refractivity contribution is 5.98. The Hall–Kier alpha value is -2.22. The van der Waals surface area contributed by atoms with E-state index in [2.05, 4.69) is 41.3 Å². The third-order valence-corrected chi connectivity index (χ3v) is 6.58. The summed E-state index contributed by atoms with van der Waals surface area (Å²) in [4.78, 5) is 31.7. The molecule has 3 heterocycles. The van der Waals surface area contributed by atoms with Gasteiger partial charge in [-0.15, -0.1) is 0 Å². The average Bonchev–Trinajstić information content (AvgIpc) is 3.05. The molecule has 27 heavy (non-hydrogen) atoms. The van der Waals surface area contributed by atoms with Crippen molar-refractivity contribution >= 4 is 22.7 Å². The van der Waals surface area contributed by atoms with E-state index >= 15 is 0 Å². The summed E-state index contributed by atoms with van der Waals surface area (Å²) >= 11 is 0. The van der Waals surface area contributed by atoms with Gasteiger partial charge in [0.15, 0.2) is 0 Å². The minimum atomic E-state index is -0.312. The van der Waals surface area contributed by atoms with Gasteiger partial charge < -0.3 is 9.88 Å². The van der Waals surface area contributed by atoms with Gasteiger partial charge in [-0.05, 0) is 43.0 Å². The van der Waals surface area contributed by atoms with E-state index in [1.54, 1.807) is 0 Å². The summed E-state index contributed by atoms with van der Waals surface area (Å²) in [5.41, 5.74) is 4.08. The molecule has 1 aliphatic carbocycles. The van der Waals surface area contributed by atoms with E-state index in [1.807, 2.05) is 4.90 Å². The van der Waals surface area contributed by atoms with Gasteiger partial charge in [-0.2, -0.15) is 0 Å². The number of likely N-dealkylation sites (tertiary alicyclic amines) is 1. The largest absolute Gasteiger partial charge is 0.361 e. The van der Waals surface area contributed by atoms with Crippen LogP contribution in [0, 0.1) is 5.92 Å². The first-order valence-electron chi connectivity index (χ1n) is 9.63. The van der Waals surface area contributed by atoms with E-state index in [-0.39, 0.29) is 24.9 Å². The molecule has 0 radical (unpaired) electrons. The number of carbonyl (C=O) groups is 2. The smallest absolute Gasteiger partial charge is 0.257 e. The van der Waals surface area contributed by atoms with Crippen molar-refractivity contribution in [2.45, 2.75) is 24.8 Å². The van der Waals surface area contributed by atoms with Crippen molar-refractivity contribution in [3.63, 3.8) is 0 Å². The van der Waals surface area contributed by atoms with Crippen molar-refractivity contribution in [1.29, 1.82) is 0 Å². The SMILES string of the molecule is CN1CC(CN2CC(=O)N(N)C(=O)C2)C[C@@H]2c3cccc4[nH]cc(c34)C[C@H]21. The van der Waals surface area contributed by atoms with E-state index in [4.69, 9.17) is 5.84 Å². The lowest BCUT2D eigenvalue weighted by atomic mass is 9.72. The Bertz CT molecular complexity index is 904. The van der Waals surface area contributed by atoms with Crippen molar-refractivity contribution in [2.75, 3.05) is 33.2 Å². The van der Waals surface area contributed by atoms with Gasteiger partial charge in [-0.1, -0.05) is 12.1 Å². The number of fused-ring (bicyclic) bond motifs is 2. The Morgan fingerprint density at radius 3 is 2.78 bits per heavy atom. The number of nitrogens with zero attached hydrogens (tertiary/aromatic N) is 3. The highest BCUT2D eigenvalue weighted by Crippen LogP contribution is 2.44. The standard InChI is InChI=1S/C20H25N5O2/c1-23-8-12(9-24-10-18(26)25(21)19(27)11-24)5-15-14-3-2-4-16-20(14)13(7-22-16)6-17(15)23/h2-4,7,12,15,17,22H,5-6,8-11,21H2,1H3/t12?,15-,17-/m1/s1. The normalized spacial score (nSPS) is 29.4. The topological polar surface area (TPSA) is 85.7 Å². The van der Waals surface area contributed by atoms with Crippen LogP contribution in [-0.4, -0.2) is 70.9 Å². The zero-order valence-corrected chi connectivity index (χ0v) is 15.5. The molecular weight excluding hydrogens is 342 g/mol. The molecule has 2 amide bonds. The molecule has 3 N–H and O–H groups in total. The fraction of sp³-hybridized carbons (Fsp3) is 0.500. The third kappa shape index (κ3) is 2.69. The predicted molar refractivity (Wildman–Crippen MR) is 102 cm³/mol. The summed E-state index contributed by atoms with van der Waals surface area (Å²) in [5.74, 6) is 5.79. The minimum Gasteiger partial charge on any atom is -0.361 e. The molecule has 0 saturated carbocycles. The van der Waals surface area contributed by atoms with Gasteiger partial charge in [0.1, 0.15) is 0 Å². The molecule has 1 aromatic carbocycles. The summed E-state index contributed by atoms with van der Waals surface area (Å²) in [5, 5.41) is 2.16. The monoisotopic (exact) mass is 367 g/mol. The lowest BCUT2D eigenvalue weighted by Crippen LogP contribution is -2.58. The quantitative estimate of drug-likeness (QED) is 0.463. The van der Waals surface area contributed by atoms with Crippen molar-refractivity contribution in [3.05, 3.63) is 35.5 Å². The Morgan fingerprint density at radius 1 is 1.22 bits per heavy atom. The number of benzene rings is 1. The second-order valence-corrected chi connectivity index (χ2v) is 8.33. The zero-order valence-electron chi connectivity index (χ0n) is 15.5. The molecule has 1 unspecified atom stereocenters. The van der Waals surface area contributed by atoms with Crippen LogP contribution in [0.3, 0.4) is 0 Å². The van der Waals surface area contributed by atoms with E-state index in [0.717, 1.165) is 30.9 Å². The maximum Gasteiger partial charge on any atom is 0.257 e. The molecule has 1 aromatic heterocycles. The number of aromatic nitrogens is 1. The number of nitrogens with two attached hydrogens (primary N) is 1. The van der Waals surface area contributed by atoms with E-state index < -0.39 is 0 Å². The number of piperidine rings is 1. The molecular formula is C20H25N5O2. The van der Waals surface area contributed by atoms with Gasteiger partial charge in [0.2, 0.25) is 0 Å². The number of hydrogen-bond acceptors (Lipinski definition) is 5. The number of nitrogens with one attached hydrogen (secondary N) is 1. The van der Waals surface area contributed by atoms with Crippen LogP contribution in [0.15, 0.2) is 24.4 Å². The molecule has 7 nitrogen and oxygen atoms in total. The molecule has 2 saturated heterocycles. The molecule has 0 bridgehead atoms. The number of imide groups is 1. The number of H-pyrrole nitrogens is 1. The number of likely N-dealkylation sites (N-methyl/N-ethyl adjacent to an activating group) is 1. The van der Waals surface area contributed by atoms with Gasteiger partial charge in [0.05, 0.1) is 13.1 Å². The summed E-state index contributed by atoms with van der Waals surface area (Å²) < 4.78 is 0. The molecule has 5 rings (SSSR count). The highest BCUT2D eigenvalue weighted by Gasteiger charge is 2.40. The molecule has 142 valence electrons. The minimum absolute atomic E-state index is 0.230. The lowest BCUT2D eigenvalue weighted by molar-refractivity contribution is -0.152. The van der Waals surface area contributed by atoms with Crippen molar-refractivity contribution in [2.24, 2.45) is 11.8 Å². The number of amides is 2. The number of hydrogen-bond donors (Lipinski definition) is 2. The lowest BCUT2D eigenvalue weighted by Gasteiger charge is -2.46. The second-order valence-electron chi connectivity index (χ2n) is 8.33. The Kier molecular flexibility index (Phi) is 3.86. The van der Waals surface area contributed by atoms with Crippen LogP contribution in [0.1, 0.15) is 23.5 Å². The van der Waals surface area contributed by atoms with Crippen molar-refractivity contribution < 1.29 is 9.59 Å². The maximum atomic E-state index is 11.9. The Morgan fingerprint density at radius 2 is 2.00 bits per heavy atom. The number of carbonyl (C=O) groups excluding carboxylic acids is 2. The fourth-order valence-corrected chi connectivity index (χ4v) is 5.41. The number of hydrazine groups is 1. The molecule has 3 aliphatic rings. The predicted octanol–water partition coefficient (Wildman–Crippen LogP) is 0.672. The van der Waals surface area contributed by atoms with Gasteiger partial charge in [-0.25, -0.2) is 10.9 Å². The average molecular weight is 367 g/mol. The number of aromatic amines is 1. The summed E-state index contributed by atoms with van der Waals surface area (Å²) in [6, 6.07) is 7.07. The van der Waals surface area contributed by atoms with Crippen LogP contribution in [0.2, 0.25) is 0 Å². The summed E-state index contributed by atoms with van der Waals surface area (Å²) in [6.45, 7) is 2.21. The highest BCUT2D eigenvalue weighted by atomic mass is 16.2. The fourth-order valence-electron chi connectivity index (χ4n) is 5.41. The molecule has 0 spiro atoms. The van der Waals surface area contributed by atoms with Crippen LogP contribution in [-0.2, 0) is 16.0 Å². The summed E-state index contributed by atoms with van der Waals surface area (Å²) in [6.07, 6.45) is 4.32. The van der Waals surface area contributed by atoms with Crippen LogP contribution in [0.4, 0.5) is 0 Å². The molecule has 2 fully saturated rings. The van der Waals surface area contributed by atoms with Gasteiger partial charge >= 0.3 is 0 Å². The van der Waals surface area contributed by atoms with Crippen LogP contribution < -0.4 is 5.84 Å². The van der Waals surface area contributed by atoms with E-state index in [0.29, 0.717) is 17.9 Å². The first-order chi connectivity index (χ1) is 13.0. The van der Waals surface area contributed by atoms with Gasteiger partial charge in [0.25, 0.3) is 11.8 Å². The molecule has 7 heteroatoms. The van der Waals surface area contributed by atoms with Gasteiger partial charge in [0, 0.05) is 42.1 Å². The molecule has 2 aromatic rings. The Labute approximate surface area is 158 Å². The van der Waals surface area contributed by atoms with Crippen LogP contribution in [0.5, 0.6) is 0 Å². The van der Waals surface area contributed by atoms with E-state index in [1.165, 1.54) is 22.0 Å². The molecule has 3 atom stereocenters. The first-order valence-corrected chi connectivity index (χ1v) is 9.63. The second kappa shape index (κ2) is 6.15. The number of piperazine rings is 1. The Balaban J connectivity index is 1.39. The van der Waals surface area contributed by atoms with Crippen molar-refractivity contribution in [3.8, 4) is 0 Å². The third-order valence-electron chi connectivity index (χ3n) is 6.58. The van der Waals surface area contributed by atoms with Gasteiger partial charge in [-0.3, -0.25) is 14.5 Å². The number of rotatable bonds is 2. The maximum absolute atomic E-state index is 11.9. The van der Waals surface area contributed by atoms with Crippen molar-refractivity contribution in [1.82, 2.24) is 19.8 Å².